The van der Waals surface area contributed by atoms with E-state index < -0.39 is 0 Å². The topological polar surface area (TPSA) is 29.5 Å². The molecule has 4 heteroatoms. The Labute approximate surface area is 109 Å². The number of amides is 1. The molecule has 2 heterocycles. The van der Waals surface area contributed by atoms with E-state index in [1.807, 2.05) is 29.2 Å². The van der Waals surface area contributed by atoms with Crippen LogP contribution in [0.3, 0.4) is 0 Å². The van der Waals surface area contributed by atoms with Crippen molar-refractivity contribution in [1.82, 2.24) is 4.90 Å². The fourth-order valence-electron chi connectivity index (χ4n) is 2.43. The fourth-order valence-corrected chi connectivity index (χ4v) is 2.85. The van der Waals surface area contributed by atoms with Crippen LogP contribution < -0.4 is 0 Å². The van der Waals surface area contributed by atoms with Crippen molar-refractivity contribution in [1.29, 1.82) is 0 Å². The minimum atomic E-state index is 0.217. The van der Waals surface area contributed by atoms with Crippen molar-refractivity contribution >= 4 is 21.8 Å². The van der Waals surface area contributed by atoms with Gasteiger partial charge in [0.1, 0.15) is 0 Å². The van der Waals surface area contributed by atoms with Crippen molar-refractivity contribution < 1.29 is 9.53 Å². The van der Waals surface area contributed by atoms with E-state index in [2.05, 4.69) is 15.9 Å². The predicted octanol–water partition coefficient (Wildman–Crippen LogP) is 1.85. The van der Waals surface area contributed by atoms with Gasteiger partial charge in [0.25, 0.3) is 0 Å². The molecule has 17 heavy (non-hydrogen) atoms. The van der Waals surface area contributed by atoms with E-state index >= 15 is 0 Å². The molecule has 1 amide bonds. The third-order valence-corrected chi connectivity index (χ3v) is 4.29. The Morgan fingerprint density at radius 2 is 2.06 bits per heavy atom. The highest BCUT2D eigenvalue weighted by molar-refractivity contribution is 9.10. The molecule has 90 valence electrons. The molecular weight excluding hydrogens is 282 g/mol. The number of hydrogen-bond donors (Lipinski definition) is 0. The van der Waals surface area contributed by atoms with Crippen molar-refractivity contribution in [3.63, 3.8) is 0 Å². The van der Waals surface area contributed by atoms with Gasteiger partial charge < -0.3 is 9.64 Å². The number of halogens is 1. The zero-order chi connectivity index (χ0) is 11.9. The van der Waals surface area contributed by atoms with E-state index in [1.165, 1.54) is 0 Å². The van der Waals surface area contributed by atoms with Crippen molar-refractivity contribution in [2.45, 2.75) is 6.42 Å². The average Bonchev–Trinajstić information content (AvgIpc) is 2.17. The second kappa shape index (κ2) is 4.10. The summed E-state index contributed by atoms with van der Waals surface area (Å²) >= 11 is 3.47. The van der Waals surface area contributed by atoms with E-state index in [1.54, 1.807) is 0 Å². The van der Waals surface area contributed by atoms with Crippen LogP contribution in [0, 0.1) is 5.41 Å². The molecule has 2 aliphatic rings. The highest BCUT2D eigenvalue weighted by Gasteiger charge is 2.50. The van der Waals surface area contributed by atoms with Crippen LogP contribution >= 0.6 is 15.9 Å². The molecule has 2 saturated heterocycles. The van der Waals surface area contributed by atoms with Gasteiger partial charge in [-0.25, -0.2) is 0 Å². The van der Waals surface area contributed by atoms with E-state index in [9.17, 15) is 4.79 Å². The number of rotatable bonds is 2. The maximum Gasteiger partial charge on any atom is 0.227 e. The molecule has 2 fully saturated rings. The summed E-state index contributed by atoms with van der Waals surface area (Å²) < 4.78 is 6.21. The minimum Gasteiger partial charge on any atom is -0.380 e. The Hall–Kier alpha value is -0.870. The molecule has 0 unspecified atom stereocenters. The van der Waals surface area contributed by atoms with Crippen LogP contribution in [0.2, 0.25) is 0 Å². The molecule has 2 aliphatic heterocycles. The molecule has 0 N–H and O–H groups in total. The summed E-state index contributed by atoms with van der Waals surface area (Å²) in [6.45, 7) is 3.39. The summed E-state index contributed by atoms with van der Waals surface area (Å²) in [7, 11) is 0. The standard InChI is InChI=1S/C13H14BrNO2/c14-11-4-2-1-3-10(11)5-12(16)15-6-13(7-15)8-17-9-13/h1-4H,5-9H2. The van der Waals surface area contributed by atoms with Gasteiger partial charge in [-0.1, -0.05) is 34.1 Å². The first-order valence-corrected chi connectivity index (χ1v) is 6.57. The van der Waals surface area contributed by atoms with E-state index in [4.69, 9.17) is 4.74 Å². The monoisotopic (exact) mass is 295 g/mol. The van der Waals surface area contributed by atoms with Gasteiger partial charge >= 0.3 is 0 Å². The Morgan fingerprint density at radius 1 is 1.35 bits per heavy atom. The highest BCUT2D eigenvalue weighted by atomic mass is 79.9. The SMILES string of the molecule is O=C(Cc1ccccc1Br)N1CC2(COC2)C1. The second-order valence-corrected chi connectivity index (χ2v) is 5.87. The third kappa shape index (κ3) is 2.00. The number of carbonyl (C=O) groups excluding carboxylic acids is 1. The molecule has 0 aromatic heterocycles. The van der Waals surface area contributed by atoms with E-state index in [-0.39, 0.29) is 5.91 Å². The molecule has 1 aromatic carbocycles. The van der Waals surface area contributed by atoms with E-state index in [0.717, 1.165) is 36.3 Å². The van der Waals surface area contributed by atoms with Gasteiger partial charge in [-0.05, 0) is 11.6 Å². The van der Waals surface area contributed by atoms with Gasteiger partial charge in [0.05, 0.1) is 25.0 Å². The van der Waals surface area contributed by atoms with Gasteiger partial charge in [-0.15, -0.1) is 0 Å². The largest absolute Gasteiger partial charge is 0.380 e. The normalized spacial score (nSPS) is 20.9. The number of nitrogens with zero attached hydrogens (tertiary/aromatic N) is 1. The fraction of sp³-hybridized carbons (Fsp3) is 0.462. The highest BCUT2D eigenvalue weighted by Crippen LogP contribution is 2.37. The van der Waals surface area contributed by atoms with Crippen LogP contribution in [-0.4, -0.2) is 37.1 Å². The van der Waals surface area contributed by atoms with E-state index in [0.29, 0.717) is 11.8 Å². The number of hydrogen-bond acceptors (Lipinski definition) is 2. The average molecular weight is 296 g/mol. The third-order valence-electron chi connectivity index (χ3n) is 3.52. The summed E-state index contributed by atoms with van der Waals surface area (Å²) in [4.78, 5) is 14.0. The summed E-state index contributed by atoms with van der Waals surface area (Å²) in [5, 5.41) is 0. The molecule has 0 aliphatic carbocycles. The van der Waals surface area contributed by atoms with Crippen LogP contribution in [0.1, 0.15) is 5.56 Å². The van der Waals surface area contributed by atoms with Gasteiger partial charge in [-0.2, -0.15) is 0 Å². The lowest BCUT2D eigenvalue weighted by molar-refractivity contribution is -0.194. The maximum atomic E-state index is 12.0. The summed E-state index contributed by atoms with van der Waals surface area (Å²) in [6, 6.07) is 7.89. The summed E-state index contributed by atoms with van der Waals surface area (Å²) in [5.41, 5.74) is 1.37. The minimum absolute atomic E-state index is 0.217. The smallest absolute Gasteiger partial charge is 0.227 e. The van der Waals surface area contributed by atoms with Crippen LogP contribution in [0.25, 0.3) is 0 Å². The van der Waals surface area contributed by atoms with Crippen LogP contribution in [0.15, 0.2) is 28.7 Å². The Morgan fingerprint density at radius 3 is 2.65 bits per heavy atom. The van der Waals surface area contributed by atoms with Crippen LogP contribution in [-0.2, 0) is 16.0 Å². The molecule has 0 radical (unpaired) electrons. The predicted molar refractivity (Wildman–Crippen MR) is 67.7 cm³/mol. The molecule has 0 saturated carbocycles. The number of benzene rings is 1. The zero-order valence-electron chi connectivity index (χ0n) is 9.49. The molecule has 3 nitrogen and oxygen atoms in total. The first-order valence-electron chi connectivity index (χ1n) is 5.78. The quantitative estimate of drug-likeness (QED) is 0.833. The van der Waals surface area contributed by atoms with Crippen molar-refractivity contribution in [3.05, 3.63) is 34.3 Å². The lowest BCUT2D eigenvalue weighted by Gasteiger charge is -2.55. The lowest BCUT2D eigenvalue weighted by Crippen LogP contribution is -2.67. The number of ether oxygens (including phenoxy) is 1. The molecule has 1 aromatic rings. The van der Waals surface area contributed by atoms with Crippen molar-refractivity contribution in [3.8, 4) is 0 Å². The van der Waals surface area contributed by atoms with Crippen LogP contribution in [0.4, 0.5) is 0 Å². The van der Waals surface area contributed by atoms with Crippen LogP contribution in [0.5, 0.6) is 0 Å². The molecule has 3 rings (SSSR count). The number of carbonyl (C=O) groups is 1. The molecular formula is C13H14BrNO2. The molecule has 0 bridgehead atoms. The first kappa shape index (κ1) is 11.2. The van der Waals surface area contributed by atoms with Crippen molar-refractivity contribution in [2.24, 2.45) is 5.41 Å². The summed E-state index contributed by atoms with van der Waals surface area (Å²) in [5.74, 6) is 0.217. The summed E-state index contributed by atoms with van der Waals surface area (Å²) in [6.07, 6.45) is 0.484. The Bertz CT molecular complexity index is 448. The maximum absolute atomic E-state index is 12.0. The second-order valence-electron chi connectivity index (χ2n) is 5.01. The van der Waals surface area contributed by atoms with Gasteiger partial charge in [0.2, 0.25) is 5.91 Å². The molecule has 1 spiro atoms. The number of likely N-dealkylation sites (tertiary alicyclic amines) is 1. The van der Waals surface area contributed by atoms with Gasteiger partial charge in [0.15, 0.2) is 0 Å². The first-order chi connectivity index (χ1) is 8.19. The Kier molecular flexibility index (Phi) is 2.71. The molecule has 0 atom stereocenters. The zero-order valence-corrected chi connectivity index (χ0v) is 11.1. The van der Waals surface area contributed by atoms with Crippen molar-refractivity contribution in [2.75, 3.05) is 26.3 Å². The lowest BCUT2D eigenvalue weighted by atomic mass is 9.78. The van der Waals surface area contributed by atoms with Gasteiger partial charge in [-0.3, -0.25) is 4.79 Å². The Balaban J connectivity index is 1.59. The van der Waals surface area contributed by atoms with Gasteiger partial charge in [0, 0.05) is 17.6 Å².